The van der Waals surface area contributed by atoms with Crippen molar-refractivity contribution in [3.05, 3.63) is 65.6 Å². The van der Waals surface area contributed by atoms with Gasteiger partial charge in [0.05, 0.1) is 25.0 Å². The minimum atomic E-state index is -0.388. The highest BCUT2D eigenvalue weighted by Gasteiger charge is 2.17. The molecule has 6 heteroatoms. The zero-order chi connectivity index (χ0) is 18.2. The van der Waals surface area contributed by atoms with E-state index < -0.39 is 0 Å². The van der Waals surface area contributed by atoms with Crippen molar-refractivity contribution in [1.82, 2.24) is 10.2 Å². The van der Waals surface area contributed by atoms with Crippen LogP contribution in [0.1, 0.15) is 27.7 Å². The maximum absolute atomic E-state index is 12.0. The van der Waals surface area contributed by atoms with Crippen LogP contribution >= 0.6 is 0 Å². The van der Waals surface area contributed by atoms with Gasteiger partial charge in [-0.15, -0.1) is 0 Å². The lowest BCUT2D eigenvalue weighted by Crippen LogP contribution is -2.33. The second-order valence-corrected chi connectivity index (χ2v) is 5.69. The van der Waals surface area contributed by atoms with Gasteiger partial charge in [-0.3, -0.25) is 9.69 Å². The van der Waals surface area contributed by atoms with Crippen LogP contribution < -0.4 is 5.32 Å². The minimum Gasteiger partial charge on any atom is -0.468 e. The number of carbonyl (C=O) groups excluding carboxylic acids is 2. The smallest absolute Gasteiger partial charge is 0.337 e. The molecule has 6 nitrogen and oxygen atoms in total. The van der Waals surface area contributed by atoms with Crippen molar-refractivity contribution in [1.29, 1.82) is 0 Å². The molecule has 0 aliphatic heterocycles. The maximum atomic E-state index is 12.0. The van der Waals surface area contributed by atoms with E-state index in [-0.39, 0.29) is 17.9 Å². The van der Waals surface area contributed by atoms with Crippen LogP contribution in [-0.2, 0) is 9.53 Å². The first-order valence-corrected chi connectivity index (χ1v) is 7.85. The summed E-state index contributed by atoms with van der Waals surface area (Å²) in [5.41, 5.74) is 1.29. The maximum Gasteiger partial charge on any atom is 0.337 e. The van der Waals surface area contributed by atoms with E-state index in [1.165, 1.54) is 13.2 Å². The third kappa shape index (κ3) is 5.32. The molecular weight excluding hydrogens is 320 g/mol. The lowest BCUT2D eigenvalue weighted by atomic mass is 10.1. The van der Waals surface area contributed by atoms with Gasteiger partial charge in [-0.1, -0.05) is 12.1 Å². The number of methoxy groups -OCH3 is 1. The predicted molar refractivity (Wildman–Crippen MR) is 95.0 cm³/mol. The van der Waals surface area contributed by atoms with Crippen molar-refractivity contribution in [2.24, 2.45) is 0 Å². The molecule has 0 bridgehead atoms. The summed E-state index contributed by atoms with van der Waals surface area (Å²) in [7, 11) is 5.19. The van der Waals surface area contributed by atoms with E-state index >= 15 is 0 Å². The third-order valence-electron chi connectivity index (χ3n) is 3.72. The van der Waals surface area contributed by atoms with Gasteiger partial charge in [-0.25, -0.2) is 4.79 Å². The normalized spacial score (nSPS) is 12.3. The van der Waals surface area contributed by atoms with Crippen molar-refractivity contribution in [2.45, 2.75) is 6.04 Å². The predicted octanol–water partition coefficient (Wildman–Crippen LogP) is 2.50. The van der Waals surface area contributed by atoms with Crippen LogP contribution in [0, 0.1) is 0 Å². The summed E-state index contributed by atoms with van der Waals surface area (Å²) in [6.45, 7) is 0.435. The molecule has 2 aromatic rings. The van der Waals surface area contributed by atoms with Gasteiger partial charge in [0.15, 0.2) is 0 Å². The van der Waals surface area contributed by atoms with Gasteiger partial charge in [0.2, 0.25) is 5.91 Å². The summed E-state index contributed by atoms with van der Waals surface area (Å²) in [6.07, 6.45) is 4.77. The molecule has 1 aromatic carbocycles. The number of ether oxygens (including phenoxy) is 1. The molecule has 2 rings (SSSR count). The Hall–Kier alpha value is -2.86. The molecule has 1 atom stereocenters. The molecule has 0 fully saturated rings. The second kappa shape index (κ2) is 8.84. The Morgan fingerprint density at radius 1 is 1.24 bits per heavy atom. The molecule has 25 heavy (non-hydrogen) atoms. The number of hydrogen-bond donors (Lipinski definition) is 1. The van der Waals surface area contributed by atoms with E-state index in [0.29, 0.717) is 12.1 Å². The largest absolute Gasteiger partial charge is 0.468 e. The van der Waals surface area contributed by atoms with Gasteiger partial charge < -0.3 is 14.5 Å². The molecule has 0 aliphatic carbocycles. The quantitative estimate of drug-likeness (QED) is 0.618. The van der Waals surface area contributed by atoms with Crippen molar-refractivity contribution in [3.63, 3.8) is 0 Å². The average molecular weight is 342 g/mol. The number of likely N-dealkylation sites (N-methyl/N-ethyl adjacent to an activating group) is 1. The SMILES string of the molecule is COC(=O)c1ccc(C=CC(=O)NCC(c2ccco2)N(C)C)cc1. The number of benzene rings is 1. The zero-order valence-corrected chi connectivity index (χ0v) is 14.6. The van der Waals surface area contributed by atoms with Gasteiger partial charge in [-0.2, -0.15) is 0 Å². The molecule has 1 amide bonds. The number of nitrogens with one attached hydrogen (secondary N) is 1. The second-order valence-electron chi connectivity index (χ2n) is 5.69. The van der Waals surface area contributed by atoms with Crippen LogP contribution in [0.5, 0.6) is 0 Å². The number of amides is 1. The number of furan rings is 1. The fourth-order valence-corrected chi connectivity index (χ4v) is 2.29. The first-order valence-electron chi connectivity index (χ1n) is 7.85. The number of rotatable bonds is 7. The Kier molecular flexibility index (Phi) is 6.54. The van der Waals surface area contributed by atoms with E-state index in [1.54, 1.807) is 36.6 Å². The van der Waals surface area contributed by atoms with Gasteiger partial charge in [0.1, 0.15) is 5.76 Å². The summed E-state index contributed by atoms with van der Waals surface area (Å²) in [5.74, 6) is 0.212. The van der Waals surface area contributed by atoms with Gasteiger partial charge in [0, 0.05) is 12.6 Å². The van der Waals surface area contributed by atoms with Crippen LogP contribution in [0.4, 0.5) is 0 Å². The summed E-state index contributed by atoms with van der Waals surface area (Å²) in [4.78, 5) is 25.4. The van der Waals surface area contributed by atoms with Crippen LogP contribution in [0.25, 0.3) is 6.08 Å². The van der Waals surface area contributed by atoms with E-state index in [2.05, 4.69) is 10.1 Å². The molecule has 0 saturated carbocycles. The van der Waals surface area contributed by atoms with Gasteiger partial charge in [0.25, 0.3) is 0 Å². The topological polar surface area (TPSA) is 71.8 Å². The summed E-state index contributed by atoms with van der Waals surface area (Å²) < 4.78 is 10.1. The van der Waals surface area contributed by atoms with Crippen molar-refractivity contribution in [2.75, 3.05) is 27.7 Å². The fourth-order valence-electron chi connectivity index (χ4n) is 2.29. The van der Waals surface area contributed by atoms with Crippen LogP contribution in [0.3, 0.4) is 0 Å². The Balaban J connectivity index is 1.91. The lowest BCUT2D eigenvalue weighted by Gasteiger charge is -2.22. The zero-order valence-electron chi connectivity index (χ0n) is 14.6. The fraction of sp³-hybridized carbons (Fsp3) is 0.263. The van der Waals surface area contributed by atoms with E-state index in [0.717, 1.165) is 11.3 Å². The highest BCUT2D eigenvalue weighted by molar-refractivity contribution is 5.92. The number of esters is 1. The molecule has 0 spiro atoms. The first kappa shape index (κ1) is 18.5. The molecule has 1 aromatic heterocycles. The number of carbonyl (C=O) groups is 2. The van der Waals surface area contributed by atoms with E-state index in [1.807, 2.05) is 31.1 Å². The molecular formula is C19H22N2O4. The standard InChI is InChI=1S/C19H22N2O4/c1-21(2)16(17-5-4-12-25-17)13-20-18(22)11-8-14-6-9-15(10-7-14)19(23)24-3/h4-12,16H,13H2,1-3H3,(H,20,22). The molecule has 0 aliphatic rings. The third-order valence-corrected chi connectivity index (χ3v) is 3.72. The van der Waals surface area contributed by atoms with Gasteiger partial charge >= 0.3 is 5.97 Å². The van der Waals surface area contributed by atoms with Crippen molar-refractivity contribution in [3.8, 4) is 0 Å². The molecule has 1 heterocycles. The lowest BCUT2D eigenvalue weighted by molar-refractivity contribution is -0.116. The Labute approximate surface area is 147 Å². The van der Waals surface area contributed by atoms with E-state index in [4.69, 9.17) is 4.42 Å². The van der Waals surface area contributed by atoms with Gasteiger partial charge in [-0.05, 0) is 50.0 Å². The van der Waals surface area contributed by atoms with Crippen LogP contribution in [0.2, 0.25) is 0 Å². The molecule has 132 valence electrons. The van der Waals surface area contributed by atoms with E-state index in [9.17, 15) is 9.59 Å². The molecule has 1 unspecified atom stereocenters. The van der Waals surface area contributed by atoms with Crippen LogP contribution in [0.15, 0.2) is 53.2 Å². The average Bonchev–Trinajstić information content (AvgIpc) is 3.14. The highest BCUT2D eigenvalue weighted by Crippen LogP contribution is 2.17. The molecule has 0 radical (unpaired) electrons. The molecule has 1 N–H and O–H groups in total. The Morgan fingerprint density at radius 2 is 1.96 bits per heavy atom. The first-order chi connectivity index (χ1) is 12.0. The summed E-state index contributed by atoms with van der Waals surface area (Å²) in [6, 6.07) is 10.5. The summed E-state index contributed by atoms with van der Waals surface area (Å²) >= 11 is 0. The minimum absolute atomic E-state index is 0.0355. The molecule has 0 saturated heterocycles. The number of hydrogen-bond acceptors (Lipinski definition) is 5. The van der Waals surface area contributed by atoms with Crippen LogP contribution in [-0.4, -0.2) is 44.5 Å². The van der Waals surface area contributed by atoms with Crippen molar-refractivity contribution < 1.29 is 18.7 Å². The van der Waals surface area contributed by atoms with Crippen molar-refractivity contribution >= 4 is 18.0 Å². The number of nitrogens with zero attached hydrogens (tertiary/aromatic N) is 1. The summed E-state index contributed by atoms with van der Waals surface area (Å²) in [5, 5.41) is 2.86. The Bertz CT molecular complexity index is 718. The monoisotopic (exact) mass is 342 g/mol. The Morgan fingerprint density at radius 3 is 2.52 bits per heavy atom. The highest BCUT2D eigenvalue weighted by atomic mass is 16.5.